The standard InChI is InChI=1S/C17H26N4O2/c1-3-19(4-2)17(23)21-11-9-20(10-12-21)16(22)13-14-5-7-15(18)8-6-14/h5-8H,3-4,9-13,18H2,1-2H3. The van der Waals surface area contributed by atoms with Crippen molar-refractivity contribution in [2.24, 2.45) is 0 Å². The number of benzene rings is 1. The van der Waals surface area contributed by atoms with Crippen LogP contribution in [0.2, 0.25) is 0 Å². The molecule has 3 amide bonds. The van der Waals surface area contributed by atoms with Crippen LogP contribution in [-0.4, -0.2) is 65.9 Å². The van der Waals surface area contributed by atoms with Gasteiger partial charge in [-0.2, -0.15) is 0 Å². The lowest BCUT2D eigenvalue weighted by atomic mass is 10.1. The zero-order valence-electron chi connectivity index (χ0n) is 14.0. The predicted octanol–water partition coefficient (Wildman–Crippen LogP) is 1.42. The third-order valence-corrected chi connectivity index (χ3v) is 4.27. The summed E-state index contributed by atoms with van der Waals surface area (Å²) in [7, 11) is 0. The molecule has 1 aromatic rings. The van der Waals surface area contributed by atoms with Gasteiger partial charge in [-0.05, 0) is 31.5 Å². The minimum absolute atomic E-state index is 0.0700. The second-order valence-corrected chi connectivity index (χ2v) is 5.74. The first-order chi connectivity index (χ1) is 11.0. The summed E-state index contributed by atoms with van der Waals surface area (Å²) in [6.07, 6.45) is 0.379. The number of hydrogen-bond acceptors (Lipinski definition) is 3. The summed E-state index contributed by atoms with van der Waals surface area (Å²) >= 11 is 0. The van der Waals surface area contributed by atoms with Crippen molar-refractivity contribution in [1.82, 2.24) is 14.7 Å². The fraction of sp³-hybridized carbons (Fsp3) is 0.529. The highest BCUT2D eigenvalue weighted by Gasteiger charge is 2.26. The SMILES string of the molecule is CCN(CC)C(=O)N1CCN(C(=O)Cc2ccc(N)cc2)CC1. The molecule has 1 aliphatic rings. The molecule has 126 valence electrons. The van der Waals surface area contributed by atoms with Crippen LogP contribution in [0.1, 0.15) is 19.4 Å². The van der Waals surface area contributed by atoms with E-state index >= 15 is 0 Å². The maximum absolute atomic E-state index is 12.4. The number of nitrogen functional groups attached to an aromatic ring is 1. The summed E-state index contributed by atoms with van der Waals surface area (Å²) in [6, 6.07) is 7.45. The normalized spacial score (nSPS) is 14.7. The summed E-state index contributed by atoms with van der Waals surface area (Å²) in [6.45, 7) is 7.78. The molecule has 23 heavy (non-hydrogen) atoms. The molecule has 2 N–H and O–H groups in total. The van der Waals surface area contributed by atoms with E-state index in [1.54, 1.807) is 0 Å². The number of hydrogen-bond donors (Lipinski definition) is 1. The smallest absolute Gasteiger partial charge is 0.320 e. The molecule has 0 spiro atoms. The summed E-state index contributed by atoms with van der Waals surface area (Å²) in [5, 5.41) is 0. The molecule has 0 bridgehead atoms. The Balaban J connectivity index is 1.85. The summed E-state index contributed by atoms with van der Waals surface area (Å²) in [5.74, 6) is 0.102. The van der Waals surface area contributed by atoms with Crippen molar-refractivity contribution in [2.45, 2.75) is 20.3 Å². The first-order valence-electron chi connectivity index (χ1n) is 8.21. The third kappa shape index (κ3) is 4.37. The molecular weight excluding hydrogens is 292 g/mol. The highest BCUT2D eigenvalue weighted by Crippen LogP contribution is 2.10. The van der Waals surface area contributed by atoms with Crippen molar-refractivity contribution >= 4 is 17.6 Å². The highest BCUT2D eigenvalue weighted by atomic mass is 16.2. The number of nitrogens with two attached hydrogens (primary N) is 1. The molecule has 2 rings (SSSR count). The molecule has 1 heterocycles. The maximum atomic E-state index is 12.4. The summed E-state index contributed by atoms with van der Waals surface area (Å²) in [4.78, 5) is 30.1. The summed E-state index contributed by atoms with van der Waals surface area (Å²) in [5.41, 5.74) is 7.32. The van der Waals surface area contributed by atoms with Crippen molar-refractivity contribution in [2.75, 3.05) is 45.0 Å². The van der Waals surface area contributed by atoms with E-state index in [0.717, 1.165) is 5.56 Å². The van der Waals surface area contributed by atoms with Crippen LogP contribution in [0.15, 0.2) is 24.3 Å². The van der Waals surface area contributed by atoms with Crippen molar-refractivity contribution < 1.29 is 9.59 Å². The Hall–Kier alpha value is -2.24. The van der Waals surface area contributed by atoms with Gasteiger partial charge in [0.25, 0.3) is 0 Å². The number of nitrogens with zero attached hydrogens (tertiary/aromatic N) is 3. The molecule has 0 atom stereocenters. The van der Waals surface area contributed by atoms with Gasteiger partial charge in [-0.25, -0.2) is 4.79 Å². The predicted molar refractivity (Wildman–Crippen MR) is 91.0 cm³/mol. The van der Waals surface area contributed by atoms with Crippen molar-refractivity contribution in [3.05, 3.63) is 29.8 Å². The molecule has 0 aromatic heterocycles. The van der Waals surface area contributed by atoms with Crippen LogP contribution in [-0.2, 0) is 11.2 Å². The van der Waals surface area contributed by atoms with E-state index < -0.39 is 0 Å². The monoisotopic (exact) mass is 318 g/mol. The van der Waals surface area contributed by atoms with Crippen LogP contribution < -0.4 is 5.73 Å². The van der Waals surface area contributed by atoms with Gasteiger partial charge in [-0.15, -0.1) is 0 Å². The fourth-order valence-corrected chi connectivity index (χ4v) is 2.76. The highest BCUT2D eigenvalue weighted by molar-refractivity contribution is 5.79. The van der Waals surface area contributed by atoms with Gasteiger partial charge < -0.3 is 20.4 Å². The van der Waals surface area contributed by atoms with Crippen LogP contribution in [0, 0.1) is 0 Å². The van der Waals surface area contributed by atoms with Crippen molar-refractivity contribution in [3.8, 4) is 0 Å². The van der Waals surface area contributed by atoms with Crippen LogP contribution in [0.4, 0.5) is 10.5 Å². The Morgan fingerprint density at radius 3 is 2.04 bits per heavy atom. The second-order valence-electron chi connectivity index (χ2n) is 5.74. The largest absolute Gasteiger partial charge is 0.399 e. The van der Waals surface area contributed by atoms with Crippen molar-refractivity contribution in [1.29, 1.82) is 0 Å². The van der Waals surface area contributed by atoms with Gasteiger partial charge >= 0.3 is 6.03 Å². The van der Waals surface area contributed by atoms with Gasteiger partial charge in [0.05, 0.1) is 6.42 Å². The first kappa shape index (κ1) is 17.1. The number of carbonyl (C=O) groups is 2. The van der Waals surface area contributed by atoms with E-state index in [2.05, 4.69) is 0 Å². The molecule has 6 heteroatoms. The Morgan fingerprint density at radius 2 is 1.52 bits per heavy atom. The lowest BCUT2D eigenvalue weighted by Gasteiger charge is -2.37. The average molecular weight is 318 g/mol. The summed E-state index contributed by atoms with van der Waals surface area (Å²) < 4.78 is 0. The first-order valence-corrected chi connectivity index (χ1v) is 8.21. The van der Waals surface area contributed by atoms with E-state index in [4.69, 9.17) is 5.73 Å². The number of piperazine rings is 1. The third-order valence-electron chi connectivity index (χ3n) is 4.27. The molecule has 1 aromatic carbocycles. The van der Waals surface area contributed by atoms with E-state index in [0.29, 0.717) is 51.4 Å². The zero-order chi connectivity index (χ0) is 16.8. The molecule has 0 aliphatic carbocycles. The van der Waals surface area contributed by atoms with E-state index in [-0.39, 0.29) is 11.9 Å². The molecule has 1 fully saturated rings. The van der Waals surface area contributed by atoms with Gasteiger partial charge in [-0.1, -0.05) is 12.1 Å². The lowest BCUT2D eigenvalue weighted by Crippen LogP contribution is -2.54. The van der Waals surface area contributed by atoms with Crippen molar-refractivity contribution in [3.63, 3.8) is 0 Å². The van der Waals surface area contributed by atoms with Gasteiger partial charge in [-0.3, -0.25) is 4.79 Å². The molecule has 0 saturated carbocycles. The van der Waals surface area contributed by atoms with Crippen LogP contribution >= 0.6 is 0 Å². The molecular formula is C17H26N4O2. The molecule has 6 nitrogen and oxygen atoms in total. The van der Waals surface area contributed by atoms with Gasteiger partial charge in [0.15, 0.2) is 0 Å². The van der Waals surface area contributed by atoms with E-state index in [9.17, 15) is 9.59 Å². The molecule has 1 aliphatic heterocycles. The maximum Gasteiger partial charge on any atom is 0.320 e. The average Bonchev–Trinajstić information content (AvgIpc) is 2.58. The van der Waals surface area contributed by atoms with Gasteiger partial charge in [0.2, 0.25) is 5.91 Å². The number of amides is 3. The van der Waals surface area contributed by atoms with Gasteiger partial charge in [0, 0.05) is 45.0 Å². The van der Waals surface area contributed by atoms with Crippen LogP contribution in [0.3, 0.4) is 0 Å². The number of anilines is 1. The Labute approximate surface area is 137 Å². The molecule has 1 saturated heterocycles. The zero-order valence-corrected chi connectivity index (χ0v) is 14.0. The fourth-order valence-electron chi connectivity index (χ4n) is 2.76. The minimum atomic E-state index is 0.0700. The Morgan fingerprint density at radius 1 is 1.00 bits per heavy atom. The molecule has 0 unspecified atom stereocenters. The number of rotatable bonds is 4. The number of urea groups is 1. The van der Waals surface area contributed by atoms with Crippen LogP contribution in [0.25, 0.3) is 0 Å². The quantitative estimate of drug-likeness (QED) is 0.854. The second kappa shape index (κ2) is 7.85. The van der Waals surface area contributed by atoms with Gasteiger partial charge in [0.1, 0.15) is 0 Å². The van der Waals surface area contributed by atoms with Crippen LogP contribution in [0.5, 0.6) is 0 Å². The minimum Gasteiger partial charge on any atom is -0.399 e. The van der Waals surface area contributed by atoms with E-state index in [1.165, 1.54) is 0 Å². The number of carbonyl (C=O) groups excluding carboxylic acids is 2. The molecule has 0 radical (unpaired) electrons. The topological polar surface area (TPSA) is 69.9 Å². The lowest BCUT2D eigenvalue weighted by molar-refractivity contribution is -0.131. The van der Waals surface area contributed by atoms with E-state index in [1.807, 2.05) is 52.8 Å². The Bertz CT molecular complexity index is 532. The Kier molecular flexibility index (Phi) is 5.84.